The maximum absolute atomic E-state index is 12.6. The number of nitrogens with one attached hydrogen (secondary N) is 1. The van der Waals surface area contributed by atoms with Crippen molar-refractivity contribution in [1.29, 1.82) is 0 Å². The van der Waals surface area contributed by atoms with Crippen LogP contribution in [0.2, 0.25) is 5.02 Å². The summed E-state index contributed by atoms with van der Waals surface area (Å²) < 4.78 is 39.1. The van der Waals surface area contributed by atoms with Crippen LogP contribution in [-0.2, 0) is 35.9 Å². The van der Waals surface area contributed by atoms with Crippen LogP contribution in [0.5, 0.6) is 11.5 Å². The first-order chi connectivity index (χ1) is 20.2. The lowest BCUT2D eigenvalue weighted by molar-refractivity contribution is 0.0389. The predicted molar refractivity (Wildman–Crippen MR) is 168 cm³/mol. The predicted octanol–water partition coefficient (Wildman–Crippen LogP) is 8.41. The first-order valence-corrected chi connectivity index (χ1v) is 16.2. The Hall–Kier alpha value is -2.72. The monoisotopic (exact) mass is 651 g/mol. The summed E-state index contributed by atoms with van der Waals surface area (Å²) in [5.74, 6) is 0.767. The van der Waals surface area contributed by atoms with Crippen LogP contribution in [0.3, 0.4) is 0 Å². The van der Waals surface area contributed by atoms with E-state index in [9.17, 15) is 14.5 Å². The molecule has 0 fully saturated rings. The number of hydrogen-bond acceptors (Lipinski definition) is 9. The third-order valence-electron chi connectivity index (χ3n) is 6.17. The topological polar surface area (TPSA) is 113 Å². The van der Waals surface area contributed by atoms with E-state index in [0.717, 1.165) is 16.0 Å². The lowest BCUT2D eigenvalue weighted by Crippen LogP contribution is -2.51. The van der Waals surface area contributed by atoms with Gasteiger partial charge in [-0.05, 0) is 82.0 Å². The Morgan fingerprint density at radius 1 is 1.00 bits per heavy atom. The van der Waals surface area contributed by atoms with Crippen LogP contribution in [0.1, 0.15) is 45.2 Å². The molecule has 0 heterocycles. The van der Waals surface area contributed by atoms with Gasteiger partial charge in [0.05, 0.1) is 17.0 Å². The van der Waals surface area contributed by atoms with Crippen LogP contribution < -0.4 is 10.1 Å². The molecule has 0 bridgehead atoms. The number of aryl methyl sites for hydroxylation is 1. The van der Waals surface area contributed by atoms with E-state index in [1.54, 1.807) is 45.9 Å². The maximum atomic E-state index is 12.6. The average Bonchev–Trinajstić information content (AvgIpc) is 2.95. The van der Waals surface area contributed by atoms with Gasteiger partial charge in [-0.2, -0.15) is 0 Å². The van der Waals surface area contributed by atoms with Gasteiger partial charge in [-0.3, -0.25) is 13.6 Å². The summed E-state index contributed by atoms with van der Waals surface area (Å²) >= 11 is 8.03. The van der Waals surface area contributed by atoms with E-state index >= 15 is 0 Å². The molecule has 9 nitrogen and oxygen atoms in total. The number of benzene rings is 3. The van der Waals surface area contributed by atoms with Gasteiger partial charge in [-0.1, -0.05) is 59.8 Å². The van der Waals surface area contributed by atoms with E-state index in [4.69, 9.17) is 34.6 Å². The average molecular weight is 652 g/mol. The van der Waals surface area contributed by atoms with Crippen LogP contribution >= 0.6 is 31.2 Å². The molecule has 0 aliphatic rings. The molecular weight excluding hydrogens is 613 g/mol. The molecule has 43 heavy (non-hydrogen) atoms. The smallest absolute Gasteiger partial charge is 0.474 e. The van der Waals surface area contributed by atoms with Crippen molar-refractivity contribution in [2.45, 2.75) is 68.1 Å². The number of phenolic OH excluding ortho intramolecular Hbond substituents is 1. The summed E-state index contributed by atoms with van der Waals surface area (Å²) in [6.07, 6.45) is 0.182. The minimum Gasteiger partial charge on any atom is -0.507 e. The number of phosphoric acid groups is 1. The first kappa shape index (κ1) is 34.8. The van der Waals surface area contributed by atoms with Crippen LogP contribution in [0.25, 0.3) is 0 Å². The maximum Gasteiger partial charge on any atom is 0.474 e. The Bertz CT molecular complexity index is 1410. The summed E-state index contributed by atoms with van der Waals surface area (Å²) in [6.45, 7) is 7.28. The number of phenols is 1. The number of amides is 1. The summed E-state index contributed by atoms with van der Waals surface area (Å²) in [7, 11) is -1.35. The Kier molecular flexibility index (Phi) is 12.4. The van der Waals surface area contributed by atoms with Gasteiger partial charge in [0, 0.05) is 24.1 Å². The molecule has 3 aromatic carbocycles. The SMILES string of the molecule is COP(=O)(OC)OCC(C)(CCc1ccc(Sc2cc(OCc3ccccc3)ccc2O)cc1Cl)NC(=O)OC(C)(C)C. The highest BCUT2D eigenvalue weighted by Crippen LogP contribution is 2.48. The minimum absolute atomic E-state index is 0.130. The lowest BCUT2D eigenvalue weighted by atomic mass is 9.94. The van der Waals surface area contributed by atoms with Gasteiger partial charge >= 0.3 is 13.9 Å². The van der Waals surface area contributed by atoms with Crippen molar-refractivity contribution in [1.82, 2.24) is 5.32 Å². The number of phosphoric ester groups is 1. The molecule has 3 aromatic rings. The molecule has 0 aromatic heterocycles. The van der Waals surface area contributed by atoms with E-state index in [-0.39, 0.29) is 12.4 Å². The highest BCUT2D eigenvalue weighted by atomic mass is 35.5. The molecule has 0 saturated heterocycles. The van der Waals surface area contributed by atoms with Crippen molar-refractivity contribution < 1.29 is 37.5 Å². The van der Waals surface area contributed by atoms with Gasteiger partial charge in [0.15, 0.2) is 0 Å². The molecule has 0 aliphatic heterocycles. The molecule has 1 atom stereocenters. The van der Waals surface area contributed by atoms with Crippen molar-refractivity contribution in [3.8, 4) is 11.5 Å². The zero-order valence-electron chi connectivity index (χ0n) is 25.2. The molecule has 1 unspecified atom stereocenters. The van der Waals surface area contributed by atoms with E-state index in [1.165, 1.54) is 26.0 Å². The van der Waals surface area contributed by atoms with Crippen LogP contribution in [0, 0.1) is 0 Å². The molecule has 3 rings (SSSR count). The summed E-state index contributed by atoms with van der Waals surface area (Å²) in [6, 6.07) is 20.6. The fraction of sp³-hybridized carbons (Fsp3) is 0.387. The zero-order valence-corrected chi connectivity index (χ0v) is 27.7. The minimum atomic E-state index is -3.79. The van der Waals surface area contributed by atoms with Crippen LogP contribution in [0.15, 0.2) is 76.5 Å². The Morgan fingerprint density at radius 2 is 1.70 bits per heavy atom. The summed E-state index contributed by atoms with van der Waals surface area (Å²) in [5, 5.41) is 13.8. The van der Waals surface area contributed by atoms with E-state index in [0.29, 0.717) is 35.1 Å². The summed E-state index contributed by atoms with van der Waals surface area (Å²) in [4.78, 5) is 14.1. The highest BCUT2D eigenvalue weighted by molar-refractivity contribution is 7.99. The zero-order chi connectivity index (χ0) is 31.7. The molecule has 0 aliphatic carbocycles. The van der Waals surface area contributed by atoms with Gasteiger partial charge < -0.3 is 19.9 Å². The number of alkyl carbamates (subject to hydrolysis) is 1. The third-order valence-corrected chi connectivity index (χ3v) is 8.90. The van der Waals surface area contributed by atoms with Crippen molar-refractivity contribution in [2.75, 3.05) is 20.8 Å². The van der Waals surface area contributed by atoms with Gasteiger partial charge in [-0.15, -0.1) is 0 Å². The second kappa shape index (κ2) is 15.3. The van der Waals surface area contributed by atoms with E-state index < -0.39 is 25.1 Å². The third kappa shape index (κ3) is 11.4. The van der Waals surface area contributed by atoms with Crippen LogP contribution in [-0.4, -0.2) is 43.2 Å². The van der Waals surface area contributed by atoms with Crippen LogP contribution in [0.4, 0.5) is 4.79 Å². The number of halogens is 1. The largest absolute Gasteiger partial charge is 0.507 e. The fourth-order valence-electron chi connectivity index (χ4n) is 3.86. The second-order valence-electron chi connectivity index (χ2n) is 11.0. The Morgan fingerprint density at radius 3 is 2.33 bits per heavy atom. The standard InChI is InChI=1S/C31H39ClNO8PS/c1-30(2,3)41-29(35)33-31(4,21-40-42(36,37-5)38-6)17-16-23-12-14-25(19-26(23)32)43-28-18-24(13-15-27(28)34)39-20-22-10-8-7-9-11-22/h7-15,18-19,34H,16-17,20-21H2,1-6H3,(H,33,35). The first-order valence-electron chi connectivity index (χ1n) is 13.6. The summed E-state index contributed by atoms with van der Waals surface area (Å²) in [5.41, 5.74) is 0.160. The second-order valence-corrected chi connectivity index (χ2v) is 14.4. The number of carbonyl (C=O) groups excluding carboxylic acids is 1. The molecule has 0 spiro atoms. The fourth-order valence-corrected chi connectivity index (χ4v) is 5.92. The van der Waals surface area contributed by atoms with Crippen molar-refractivity contribution in [3.63, 3.8) is 0 Å². The Balaban J connectivity index is 1.70. The molecule has 12 heteroatoms. The number of rotatable bonds is 14. The highest BCUT2D eigenvalue weighted by Gasteiger charge is 2.34. The van der Waals surface area contributed by atoms with Gasteiger partial charge in [0.1, 0.15) is 23.7 Å². The van der Waals surface area contributed by atoms with E-state index in [2.05, 4.69) is 5.32 Å². The number of hydrogen-bond donors (Lipinski definition) is 2. The molecule has 0 radical (unpaired) electrons. The van der Waals surface area contributed by atoms with Crippen molar-refractivity contribution >= 4 is 37.3 Å². The van der Waals surface area contributed by atoms with Gasteiger partial charge in [0.2, 0.25) is 0 Å². The molecule has 2 N–H and O–H groups in total. The normalized spacial score (nSPS) is 13.3. The van der Waals surface area contributed by atoms with Gasteiger partial charge in [0.25, 0.3) is 0 Å². The molecular formula is C31H39ClNO8PS. The Labute approximate surface area is 262 Å². The van der Waals surface area contributed by atoms with Crippen molar-refractivity contribution in [3.05, 3.63) is 82.9 Å². The molecule has 0 saturated carbocycles. The van der Waals surface area contributed by atoms with Crippen molar-refractivity contribution in [2.24, 2.45) is 0 Å². The number of ether oxygens (including phenoxy) is 2. The van der Waals surface area contributed by atoms with E-state index in [1.807, 2.05) is 48.5 Å². The number of carbonyl (C=O) groups is 1. The van der Waals surface area contributed by atoms with Gasteiger partial charge in [-0.25, -0.2) is 9.36 Å². The number of aromatic hydroxyl groups is 1. The molecule has 234 valence electrons. The lowest BCUT2D eigenvalue weighted by Gasteiger charge is -2.32. The quantitative estimate of drug-likeness (QED) is 0.166. The molecule has 1 amide bonds.